The number of anilines is 1. The Morgan fingerprint density at radius 3 is 2.79 bits per heavy atom. The van der Waals surface area contributed by atoms with Crippen molar-refractivity contribution in [3.05, 3.63) is 24.3 Å². The van der Waals surface area contributed by atoms with E-state index in [1.165, 1.54) is 0 Å². The number of hydrogen-bond donors (Lipinski definition) is 3. The third-order valence-corrected chi connectivity index (χ3v) is 3.55. The molecule has 1 aromatic rings. The Kier molecular flexibility index (Phi) is 6.73. The van der Waals surface area contributed by atoms with Crippen LogP contribution >= 0.6 is 11.8 Å². The summed E-state index contributed by atoms with van der Waals surface area (Å²) in [6.45, 7) is 4.38. The number of aliphatic hydroxyl groups excluding tert-OH is 1. The van der Waals surface area contributed by atoms with Gasteiger partial charge < -0.3 is 15.7 Å². The molecule has 5 heteroatoms. The second kappa shape index (κ2) is 8.07. The lowest BCUT2D eigenvalue weighted by atomic mass is 10.0. The van der Waals surface area contributed by atoms with Crippen molar-refractivity contribution < 1.29 is 9.90 Å². The van der Waals surface area contributed by atoms with Gasteiger partial charge in [0.15, 0.2) is 0 Å². The maximum absolute atomic E-state index is 11.7. The first-order valence-corrected chi connectivity index (χ1v) is 7.62. The number of carbonyl (C=O) groups excluding carboxylic acids is 1. The topological polar surface area (TPSA) is 61.4 Å². The Labute approximate surface area is 119 Å². The highest BCUT2D eigenvalue weighted by molar-refractivity contribution is 7.98. The van der Waals surface area contributed by atoms with Gasteiger partial charge in [-0.3, -0.25) is 0 Å². The van der Waals surface area contributed by atoms with Gasteiger partial charge in [0.05, 0.1) is 6.10 Å². The number of urea groups is 1. The van der Waals surface area contributed by atoms with Gasteiger partial charge in [0.2, 0.25) is 0 Å². The van der Waals surface area contributed by atoms with Crippen LogP contribution in [0.1, 0.15) is 20.3 Å². The predicted octanol–water partition coefficient (Wildman–Crippen LogP) is 2.94. The zero-order chi connectivity index (χ0) is 14.3. The number of aliphatic hydroxyl groups is 1. The molecule has 0 saturated heterocycles. The summed E-state index contributed by atoms with van der Waals surface area (Å²) in [5.41, 5.74) is 0.772. The van der Waals surface area contributed by atoms with E-state index in [0.29, 0.717) is 13.0 Å². The molecule has 0 bridgehead atoms. The van der Waals surface area contributed by atoms with Crippen LogP contribution in [-0.4, -0.2) is 30.0 Å². The molecular formula is C14H22N2O2S. The molecule has 3 N–H and O–H groups in total. The first-order valence-electron chi connectivity index (χ1n) is 6.40. The van der Waals surface area contributed by atoms with Crippen LogP contribution in [-0.2, 0) is 0 Å². The van der Waals surface area contributed by atoms with Gasteiger partial charge in [0.25, 0.3) is 0 Å². The van der Waals surface area contributed by atoms with E-state index in [-0.39, 0.29) is 18.1 Å². The van der Waals surface area contributed by atoms with E-state index in [9.17, 15) is 9.90 Å². The number of carbonyl (C=O) groups is 1. The van der Waals surface area contributed by atoms with Crippen LogP contribution in [0.3, 0.4) is 0 Å². The molecule has 0 radical (unpaired) electrons. The second-order valence-electron chi connectivity index (χ2n) is 4.71. The Balaban J connectivity index is 2.34. The van der Waals surface area contributed by atoms with Gasteiger partial charge in [0.1, 0.15) is 0 Å². The number of amides is 2. The van der Waals surface area contributed by atoms with E-state index in [1.54, 1.807) is 11.8 Å². The highest BCUT2D eigenvalue weighted by Gasteiger charge is 2.09. The van der Waals surface area contributed by atoms with Crippen LogP contribution in [0.15, 0.2) is 29.2 Å². The number of rotatable bonds is 6. The Hall–Kier alpha value is -1.20. The van der Waals surface area contributed by atoms with Crippen molar-refractivity contribution in [1.29, 1.82) is 0 Å². The smallest absolute Gasteiger partial charge is 0.319 e. The molecule has 1 atom stereocenters. The minimum absolute atomic E-state index is 0.211. The summed E-state index contributed by atoms with van der Waals surface area (Å²) in [4.78, 5) is 12.8. The summed E-state index contributed by atoms with van der Waals surface area (Å²) in [6.07, 6.45) is 2.18. The number of nitrogens with one attached hydrogen (secondary N) is 2. The molecule has 0 fully saturated rings. The summed E-state index contributed by atoms with van der Waals surface area (Å²) in [5.74, 6) is 0.211. The summed E-state index contributed by atoms with van der Waals surface area (Å²) >= 11 is 1.63. The molecule has 19 heavy (non-hydrogen) atoms. The zero-order valence-corrected chi connectivity index (χ0v) is 12.5. The molecule has 1 rings (SSSR count). The monoisotopic (exact) mass is 282 g/mol. The summed E-state index contributed by atoms with van der Waals surface area (Å²) in [7, 11) is 0. The van der Waals surface area contributed by atoms with E-state index < -0.39 is 0 Å². The van der Waals surface area contributed by atoms with Crippen LogP contribution in [0.25, 0.3) is 0 Å². The van der Waals surface area contributed by atoms with E-state index in [0.717, 1.165) is 10.6 Å². The van der Waals surface area contributed by atoms with E-state index in [4.69, 9.17) is 0 Å². The molecule has 2 amide bonds. The molecule has 1 unspecified atom stereocenters. The number of thioether (sulfide) groups is 1. The highest BCUT2D eigenvalue weighted by atomic mass is 32.2. The fourth-order valence-corrected chi connectivity index (χ4v) is 2.00. The molecule has 4 nitrogen and oxygen atoms in total. The summed E-state index contributed by atoms with van der Waals surface area (Å²) < 4.78 is 0. The minimum Gasteiger partial charge on any atom is -0.393 e. The average Bonchev–Trinajstić information content (AvgIpc) is 2.38. The Morgan fingerprint density at radius 1 is 1.42 bits per heavy atom. The van der Waals surface area contributed by atoms with Gasteiger partial charge in [-0.15, -0.1) is 11.8 Å². The quantitative estimate of drug-likeness (QED) is 0.703. The van der Waals surface area contributed by atoms with Gasteiger partial charge in [-0.25, -0.2) is 4.79 Å². The third-order valence-electron chi connectivity index (χ3n) is 2.82. The maximum Gasteiger partial charge on any atom is 0.319 e. The molecular weight excluding hydrogens is 260 g/mol. The molecule has 0 spiro atoms. The molecule has 0 aliphatic rings. The Morgan fingerprint density at radius 2 is 2.16 bits per heavy atom. The average molecular weight is 282 g/mol. The molecule has 0 aliphatic carbocycles. The first kappa shape index (κ1) is 15.9. The lowest BCUT2D eigenvalue weighted by Crippen LogP contribution is -2.32. The molecule has 106 valence electrons. The van der Waals surface area contributed by atoms with Crippen LogP contribution in [0.2, 0.25) is 0 Å². The van der Waals surface area contributed by atoms with Crippen molar-refractivity contribution in [3.8, 4) is 0 Å². The van der Waals surface area contributed by atoms with Crippen LogP contribution in [0.5, 0.6) is 0 Å². The molecule has 0 saturated carbocycles. The normalized spacial score (nSPS) is 12.3. The first-order chi connectivity index (χ1) is 9.02. The van der Waals surface area contributed by atoms with Gasteiger partial charge in [-0.1, -0.05) is 19.9 Å². The fourth-order valence-electron chi connectivity index (χ4n) is 1.54. The van der Waals surface area contributed by atoms with E-state index >= 15 is 0 Å². The predicted molar refractivity (Wildman–Crippen MR) is 80.7 cm³/mol. The van der Waals surface area contributed by atoms with Gasteiger partial charge in [0, 0.05) is 17.1 Å². The SMILES string of the molecule is CSc1cccc(NC(=O)NCCC(O)C(C)C)c1. The number of hydrogen-bond acceptors (Lipinski definition) is 3. The lowest BCUT2D eigenvalue weighted by Gasteiger charge is -2.14. The van der Waals surface area contributed by atoms with Gasteiger partial charge in [-0.05, 0) is 36.8 Å². The third kappa shape index (κ3) is 5.98. The van der Waals surface area contributed by atoms with E-state index in [1.807, 2.05) is 44.4 Å². The molecule has 0 heterocycles. The van der Waals surface area contributed by atoms with Crippen LogP contribution in [0, 0.1) is 5.92 Å². The molecule has 0 aromatic heterocycles. The number of benzene rings is 1. The van der Waals surface area contributed by atoms with Gasteiger partial charge in [-0.2, -0.15) is 0 Å². The largest absolute Gasteiger partial charge is 0.393 e. The highest BCUT2D eigenvalue weighted by Crippen LogP contribution is 2.18. The van der Waals surface area contributed by atoms with Gasteiger partial charge >= 0.3 is 6.03 Å². The fraction of sp³-hybridized carbons (Fsp3) is 0.500. The van der Waals surface area contributed by atoms with Crippen LogP contribution < -0.4 is 10.6 Å². The second-order valence-corrected chi connectivity index (χ2v) is 5.59. The van der Waals surface area contributed by atoms with Crippen molar-refractivity contribution in [2.24, 2.45) is 5.92 Å². The molecule has 0 aliphatic heterocycles. The maximum atomic E-state index is 11.7. The zero-order valence-electron chi connectivity index (χ0n) is 11.6. The van der Waals surface area contributed by atoms with Crippen molar-refractivity contribution in [2.75, 3.05) is 18.1 Å². The van der Waals surface area contributed by atoms with Crippen molar-refractivity contribution >= 4 is 23.5 Å². The minimum atomic E-state index is -0.375. The Bertz CT molecular complexity index is 410. The van der Waals surface area contributed by atoms with E-state index in [2.05, 4.69) is 10.6 Å². The molecule has 1 aromatic carbocycles. The van der Waals surface area contributed by atoms with Crippen molar-refractivity contribution in [3.63, 3.8) is 0 Å². The standard InChI is InChI=1S/C14H22N2O2S/c1-10(2)13(17)7-8-15-14(18)16-11-5-4-6-12(9-11)19-3/h4-6,9-10,13,17H,7-8H2,1-3H3,(H2,15,16,18). The van der Waals surface area contributed by atoms with Crippen molar-refractivity contribution in [1.82, 2.24) is 5.32 Å². The van der Waals surface area contributed by atoms with Crippen molar-refractivity contribution in [2.45, 2.75) is 31.3 Å². The van der Waals surface area contributed by atoms with Crippen LogP contribution in [0.4, 0.5) is 10.5 Å². The summed E-state index contributed by atoms with van der Waals surface area (Å²) in [6, 6.07) is 7.43. The lowest BCUT2D eigenvalue weighted by molar-refractivity contribution is 0.117. The summed E-state index contributed by atoms with van der Waals surface area (Å²) in [5, 5.41) is 15.1.